The number of hydrogen-bond acceptors (Lipinski definition) is 6. The molecule has 1 saturated heterocycles. The number of nitrogens with one attached hydrogen (secondary N) is 1. The Kier molecular flexibility index (Phi) is 4.65. The molecule has 2 aromatic rings. The van der Waals surface area contributed by atoms with Crippen LogP contribution in [0.1, 0.15) is 28.9 Å². The number of pyridine rings is 1. The lowest BCUT2D eigenvalue weighted by molar-refractivity contribution is -0.141. The number of nitrogens with zero attached hydrogens (tertiary/aromatic N) is 4. The highest BCUT2D eigenvalue weighted by atomic mass is 32.1. The Bertz CT molecular complexity index is 681. The van der Waals surface area contributed by atoms with Crippen molar-refractivity contribution in [1.29, 1.82) is 0 Å². The molecule has 128 valence electrons. The summed E-state index contributed by atoms with van der Waals surface area (Å²) in [6, 6.07) is 1.93. The van der Waals surface area contributed by atoms with Gasteiger partial charge in [-0.25, -0.2) is 0 Å². The molecule has 1 aliphatic heterocycles. The van der Waals surface area contributed by atoms with E-state index in [0.29, 0.717) is 0 Å². The average Bonchev–Trinajstić information content (AvgIpc) is 3.09. The molecule has 0 atom stereocenters. The van der Waals surface area contributed by atoms with E-state index in [1.54, 1.807) is 6.20 Å². The standard InChI is InChI=1S/C14H14F3N5OS/c15-14(16,17)11-2-1-9(7-18-11)13(23)20-10-3-5-22(6-4-10)12-8-19-24-21-12/h1-2,7-8,10H,3-6H2,(H,20,23). The van der Waals surface area contributed by atoms with Crippen molar-refractivity contribution in [2.24, 2.45) is 0 Å². The van der Waals surface area contributed by atoms with E-state index in [1.165, 1.54) is 0 Å². The Morgan fingerprint density at radius 3 is 2.54 bits per heavy atom. The minimum absolute atomic E-state index is 0.0253. The molecule has 0 bridgehead atoms. The van der Waals surface area contributed by atoms with Gasteiger partial charge < -0.3 is 10.2 Å². The van der Waals surface area contributed by atoms with E-state index in [-0.39, 0.29) is 11.6 Å². The third-order valence-corrected chi connectivity index (χ3v) is 4.29. The topological polar surface area (TPSA) is 71.0 Å². The molecular formula is C14H14F3N5OS. The van der Waals surface area contributed by atoms with Crippen molar-refractivity contribution in [3.63, 3.8) is 0 Å². The summed E-state index contributed by atoms with van der Waals surface area (Å²) in [6.07, 6.45) is -0.382. The molecule has 3 heterocycles. The molecule has 0 unspecified atom stereocenters. The van der Waals surface area contributed by atoms with E-state index in [2.05, 4.69) is 23.9 Å². The molecule has 10 heteroatoms. The van der Waals surface area contributed by atoms with E-state index in [0.717, 1.165) is 61.8 Å². The number of amides is 1. The lowest BCUT2D eigenvalue weighted by Gasteiger charge is -2.32. The number of rotatable bonds is 3. The van der Waals surface area contributed by atoms with E-state index < -0.39 is 17.8 Å². The van der Waals surface area contributed by atoms with Gasteiger partial charge in [-0.1, -0.05) is 0 Å². The molecule has 1 amide bonds. The van der Waals surface area contributed by atoms with Crippen molar-refractivity contribution in [1.82, 2.24) is 19.0 Å². The number of alkyl halides is 3. The number of carbonyl (C=O) groups excluding carboxylic acids is 1. The van der Waals surface area contributed by atoms with E-state index in [1.807, 2.05) is 0 Å². The van der Waals surface area contributed by atoms with E-state index in [9.17, 15) is 18.0 Å². The largest absolute Gasteiger partial charge is 0.433 e. The van der Waals surface area contributed by atoms with Gasteiger partial charge in [-0.15, -0.1) is 0 Å². The van der Waals surface area contributed by atoms with E-state index >= 15 is 0 Å². The molecule has 1 N–H and O–H groups in total. The summed E-state index contributed by atoms with van der Waals surface area (Å²) < 4.78 is 45.5. The fourth-order valence-electron chi connectivity index (χ4n) is 2.52. The van der Waals surface area contributed by atoms with E-state index in [4.69, 9.17) is 0 Å². The van der Waals surface area contributed by atoms with Crippen LogP contribution in [-0.4, -0.2) is 38.8 Å². The lowest BCUT2D eigenvalue weighted by Crippen LogP contribution is -2.44. The van der Waals surface area contributed by atoms with Crippen molar-refractivity contribution in [3.05, 3.63) is 35.8 Å². The Balaban J connectivity index is 1.54. The van der Waals surface area contributed by atoms with Crippen molar-refractivity contribution in [2.75, 3.05) is 18.0 Å². The number of halogens is 3. The molecule has 3 rings (SSSR count). The van der Waals surface area contributed by atoms with Gasteiger partial charge in [0.15, 0.2) is 5.82 Å². The van der Waals surface area contributed by atoms with Crippen LogP contribution in [0.25, 0.3) is 0 Å². The number of carbonyl (C=O) groups is 1. The predicted molar refractivity (Wildman–Crippen MR) is 81.8 cm³/mol. The first-order valence-electron chi connectivity index (χ1n) is 7.30. The lowest BCUT2D eigenvalue weighted by atomic mass is 10.0. The van der Waals surface area contributed by atoms with Crippen LogP contribution in [0.15, 0.2) is 24.5 Å². The monoisotopic (exact) mass is 357 g/mol. The summed E-state index contributed by atoms with van der Waals surface area (Å²) in [6.45, 7) is 1.48. The second kappa shape index (κ2) is 6.71. The van der Waals surface area contributed by atoms with Gasteiger partial charge in [-0.2, -0.15) is 21.9 Å². The first-order valence-corrected chi connectivity index (χ1v) is 8.03. The molecule has 1 aliphatic rings. The summed E-state index contributed by atoms with van der Waals surface area (Å²) >= 11 is 1.15. The van der Waals surface area contributed by atoms with Gasteiger partial charge in [0.05, 0.1) is 23.5 Å². The zero-order valence-electron chi connectivity index (χ0n) is 12.5. The minimum Gasteiger partial charge on any atom is -0.354 e. The fourth-order valence-corrected chi connectivity index (χ4v) is 2.95. The van der Waals surface area contributed by atoms with Crippen molar-refractivity contribution in [3.8, 4) is 0 Å². The summed E-state index contributed by atoms with van der Waals surface area (Å²) in [4.78, 5) is 17.5. The van der Waals surface area contributed by atoms with Crippen LogP contribution in [0.4, 0.5) is 19.0 Å². The van der Waals surface area contributed by atoms with Crippen LogP contribution in [0, 0.1) is 0 Å². The molecule has 0 aliphatic carbocycles. The smallest absolute Gasteiger partial charge is 0.354 e. The first-order chi connectivity index (χ1) is 11.4. The molecule has 0 aromatic carbocycles. The molecule has 2 aromatic heterocycles. The van der Waals surface area contributed by atoms with Gasteiger partial charge in [0.1, 0.15) is 5.69 Å². The summed E-state index contributed by atoms with van der Waals surface area (Å²) in [5.41, 5.74) is -0.890. The van der Waals surface area contributed by atoms with Crippen LogP contribution in [-0.2, 0) is 6.18 Å². The average molecular weight is 357 g/mol. The van der Waals surface area contributed by atoms with Crippen molar-refractivity contribution < 1.29 is 18.0 Å². The zero-order chi connectivity index (χ0) is 17.2. The highest BCUT2D eigenvalue weighted by Gasteiger charge is 2.32. The summed E-state index contributed by atoms with van der Waals surface area (Å²) in [7, 11) is 0. The van der Waals surface area contributed by atoms with Crippen molar-refractivity contribution >= 4 is 23.5 Å². The molecule has 6 nitrogen and oxygen atoms in total. The second-order valence-corrected chi connectivity index (χ2v) is 5.99. The maximum Gasteiger partial charge on any atom is 0.433 e. The Hall–Kier alpha value is -2.23. The van der Waals surface area contributed by atoms with Gasteiger partial charge in [-0.3, -0.25) is 9.78 Å². The van der Waals surface area contributed by atoms with Gasteiger partial charge >= 0.3 is 6.18 Å². The maximum atomic E-state index is 12.5. The van der Waals surface area contributed by atoms with Gasteiger partial charge in [0.25, 0.3) is 5.91 Å². The maximum absolute atomic E-state index is 12.5. The SMILES string of the molecule is O=C(NC1CCN(c2cnsn2)CC1)c1ccc(C(F)(F)F)nc1. The fraction of sp³-hybridized carbons (Fsp3) is 0.429. The van der Waals surface area contributed by atoms with Crippen LogP contribution in [0.5, 0.6) is 0 Å². The van der Waals surface area contributed by atoms with Crippen LogP contribution >= 0.6 is 11.7 Å². The van der Waals surface area contributed by atoms with Gasteiger partial charge in [0, 0.05) is 25.3 Å². The Labute approximate surface area is 140 Å². The third kappa shape index (κ3) is 3.81. The number of piperidine rings is 1. The first kappa shape index (κ1) is 16.6. The molecule has 24 heavy (non-hydrogen) atoms. The van der Waals surface area contributed by atoms with Crippen molar-refractivity contribution in [2.45, 2.75) is 25.1 Å². The molecule has 1 fully saturated rings. The van der Waals surface area contributed by atoms with Crippen LogP contribution in [0.3, 0.4) is 0 Å². The van der Waals surface area contributed by atoms with Gasteiger partial charge in [-0.05, 0) is 25.0 Å². The predicted octanol–water partition coefficient (Wildman–Crippen LogP) is 2.35. The summed E-state index contributed by atoms with van der Waals surface area (Å²) in [5, 5.41) is 2.84. The normalized spacial score (nSPS) is 16.2. The number of aromatic nitrogens is 3. The molecular weight excluding hydrogens is 343 g/mol. The van der Waals surface area contributed by atoms with Crippen LogP contribution in [0.2, 0.25) is 0 Å². The number of hydrogen-bond donors (Lipinski definition) is 1. The number of anilines is 1. The molecule has 0 saturated carbocycles. The Morgan fingerprint density at radius 2 is 2.00 bits per heavy atom. The van der Waals surface area contributed by atoms with Gasteiger partial charge in [0.2, 0.25) is 0 Å². The quantitative estimate of drug-likeness (QED) is 0.913. The highest BCUT2D eigenvalue weighted by molar-refractivity contribution is 6.99. The summed E-state index contributed by atoms with van der Waals surface area (Å²) in [5.74, 6) is 0.418. The van der Waals surface area contributed by atoms with Crippen LogP contribution < -0.4 is 10.2 Å². The zero-order valence-corrected chi connectivity index (χ0v) is 13.3. The third-order valence-electron chi connectivity index (χ3n) is 3.82. The second-order valence-electron chi connectivity index (χ2n) is 5.43. The minimum atomic E-state index is -4.51. The highest BCUT2D eigenvalue weighted by Crippen LogP contribution is 2.27. The Morgan fingerprint density at radius 1 is 1.25 bits per heavy atom. The molecule has 0 radical (unpaired) electrons. The molecule has 0 spiro atoms.